The van der Waals surface area contributed by atoms with Crippen LogP contribution in [0.2, 0.25) is 0 Å². The fourth-order valence-electron chi connectivity index (χ4n) is 1.54. The van der Waals surface area contributed by atoms with Gasteiger partial charge in [-0.15, -0.1) is 0 Å². The van der Waals surface area contributed by atoms with Gasteiger partial charge in [0.05, 0.1) is 6.10 Å². The first-order valence-electron chi connectivity index (χ1n) is 3.58. The highest BCUT2D eigenvalue weighted by Crippen LogP contribution is 2.20. The van der Waals surface area contributed by atoms with Crippen molar-refractivity contribution in [3.63, 3.8) is 0 Å². The lowest BCUT2D eigenvalue weighted by Crippen LogP contribution is -2.33. The van der Waals surface area contributed by atoms with Crippen LogP contribution in [0.25, 0.3) is 0 Å². The van der Waals surface area contributed by atoms with Gasteiger partial charge in [0.15, 0.2) is 0 Å². The predicted molar refractivity (Wildman–Crippen MR) is 37.5 cm³/mol. The van der Waals surface area contributed by atoms with Crippen LogP contribution in [0.15, 0.2) is 0 Å². The minimum absolute atomic E-state index is 0.468. The highest BCUT2D eigenvalue weighted by molar-refractivity contribution is 4.82. The smallest absolute Gasteiger partial charge is 0.0724 e. The number of nitrogens with one attached hydrogen (secondary N) is 1. The third-order valence-electron chi connectivity index (χ3n) is 2.13. The Balaban J connectivity index is 2.32. The first kappa shape index (κ1) is 7.03. The molecule has 0 radical (unpaired) electrons. The van der Waals surface area contributed by atoms with E-state index in [9.17, 15) is 0 Å². The maximum atomic E-state index is 5.25. The fourth-order valence-corrected chi connectivity index (χ4v) is 1.54. The third-order valence-corrected chi connectivity index (χ3v) is 2.13. The summed E-state index contributed by atoms with van der Waals surface area (Å²) in [5.74, 6) is 0. The largest absolute Gasteiger partial charge is 0.380 e. The molecule has 1 N–H and O–H groups in total. The number of methoxy groups -OCH3 is 1. The van der Waals surface area contributed by atoms with E-state index >= 15 is 0 Å². The van der Waals surface area contributed by atoms with E-state index in [1.54, 1.807) is 7.11 Å². The van der Waals surface area contributed by atoms with Crippen molar-refractivity contribution in [3.05, 3.63) is 0 Å². The summed E-state index contributed by atoms with van der Waals surface area (Å²) in [6, 6.07) is 0.606. The van der Waals surface area contributed by atoms with Crippen molar-refractivity contribution in [2.45, 2.75) is 31.4 Å². The summed E-state index contributed by atoms with van der Waals surface area (Å²) < 4.78 is 5.25. The van der Waals surface area contributed by atoms with Gasteiger partial charge in [-0.3, -0.25) is 0 Å². The van der Waals surface area contributed by atoms with E-state index in [4.69, 9.17) is 4.74 Å². The standard InChI is InChI=1S/C7H15NO/c1-8-6-4-3-5-7(6)9-2/h6-8H,3-5H2,1-2H3/t6-,7?/m0/s1. The summed E-state index contributed by atoms with van der Waals surface area (Å²) in [5, 5.41) is 3.24. The molecule has 0 bridgehead atoms. The van der Waals surface area contributed by atoms with Crippen LogP contribution in [0.1, 0.15) is 19.3 Å². The second-order valence-electron chi connectivity index (χ2n) is 2.60. The van der Waals surface area contributed by atoms with Crippen molar-refractivity contribution < 1.29 is 4.74 Å². The van der Waals surface area contributed by atoms with Crippen molar-refractivity contribution in [1.29, 1.82) is 0 Å². The van der Waals surface area contributed by atoms with E-state index in [1.165, 1.54) is 19.3 Å². The van der Waals surface area contributed by atoms with Crippen LogP contribution >= 0.6 is 0 Å². The summed E-state index contributed by atoms with van der Waals surface area (Å²) in [5.41, 5.74) is 0. The van der Waals surface area contributed by atoms with Crippen molar-refractivity contribution in [1.82, 2.24) is 5.32 Å². The van der Waals surface area contributed by atoms with Crippen molar-refractivity contribution in [3.8, 4) is 0 Å². The maximum Gasteiger partial charge on any atom is 0.0724 e. The Hall–Kier alpha value is -0.0800. The molecule has 0 aromatic heterocycles. The highest BCUT2D eigenvalue weighted by atomic mass is 16.5. The summed E-state index contributed by atoms with van der Waals surface area (Å²) in [4.78, 5) is 0. The zero-order chi connectivity index (χ0) is 6.69. The van der Waals surface area contributed by atoms with Gasteiger partial charge < -0.3 is 10.1 Å². The van der Waals surface area contributed by atoms with Crippen molar-refractivity contribution in [2.24, 2.45) is 0 Å². The van der Waals surface area contributed by atoms with Gasteiger partial charge in [0.25, 0.3) is 0 Å². The predicted octanol–water partition coefficient (Wildman–Crippen LogP) is 0.773. The summed E-state index contributed by atoms with van der Waals surface area (Å²) in [6.45, 7) is 0. The van der Waals surface area contributed by atoms with E-state index in [0.717, 1.165) is 0 Å². The summed E-state index contributed by atoms with van der Waals surface area (Å²) >= 11 is 0. The van der Waals surface area contributed by atoms with Gasteiger partial charge in [-0.25, -0.2) is 0 Å². The molecule has 1 aliphatic carbocycles. The maximum absolute atomic E-state index is 5.25. The molecule has 1 rings (SSSR count). The molecule has 54 valence electrons. The second kappa shape index (κ2) is 3.18. The van der Waals surface area contributed by atoms with Crippen LogP contribution in [0.3, 0.4) is 0 Å². The zero-order valence-electron chi connectivity index (χ0n) is 6.18. The lowest BCUT2D eigenvalue weighted by atomic mass is 10.2. The van der Waals surface area contributed by atoms with Gasteiger partial charge in [-0.05, 0) is 26.3 Å². The Morgan fingerprint density at radius 1 is 1.44 bits per heavy atom. The van der Waals surface area contributed by atoms with Gasteiger partial charge in [0, 0.05) is 13.2 Å². The number of ether oxygens (including phenoxy) is 1. The SMILES string of the molecule is CN[C@H]1CCCC1OC. The normalized spacial score (nSPS) is 35.3. The van der Waals surface area contributed by atoms with Crippen LogP contribution in [0.5, 0.6) is 0 Å². The first-order chi connectivity index (χ1) is 4.38. The second-order valence-corrected chi connectivity index (χ2v) is 2.60. The fraction of sp³-hybridized carbons (Fsp3) is 1.00. The van der Waals surface area contributed by atoms with E-state index in [2.05, 4.69) is 5.32 Å². The van der Waals surface area contributed by atoms with Gasteiger partial charge >= 0.3 is 0 Å². The van der Waals surface area contributed by atoms with E-state index in [1.807, 2.05) is 7.05 Å². The monoisotopic (exact) mass is 129 g/mol. The quantitative estimate of drug-likeness (QED) is 0.594. The number of hydrogen-bond donors (Lipinski definition) is 1. The average Bonchev–Trinajstić information content (AvgIpc) is 2.33. The Bertz CT molecular complexity index is 75.0. The molecule has 2 nitrogen and oxygen atoms in total. The lowest BCUT2D eigenvalue weighted by molar-refractivity contribution is 0.0876. The zero-order valence-corrected chi connectivity index (χ0v) is 6.18. The van der Waals surface area contributed by atoms with Gasteiger partial charge in [0.1, 0.15) is 0 Å². The van der Waals surface area contributed by atoms with Crippen LogP contribution in [0, 0.1) is 0 Å². The molecule has 0 saturated heterocycles. The summed E-state index contributed by atoms with van der Waals surface area (Å²) in [6.07, 6.45) is 4.27. The molecule has 0 aliphatic heterocycles. The molecule has 2 heteroatoms. The molecule has 1 unspecified atom stereocenters. The van der Waals surface area contributed by atoms with Gasteiger partial charge in [-0.1, -0.05) is 0 Å². The van der Waals surface area contributed by atoms with Gasteiger partial charge in [0.2, 0.25) is 0 Å². The Kier molecular flexibility index (Phi) is 2.49. The van der Waals surface area contributed by atoms with Crippen molar-refractivity contribution >= 4 is 0 Å². The lowest BCUT2D eigenvalue weighted by Gasteiger charge is -2.16. The minimum Gasteiger partial charge on any atom is -0.380 e. The van der Waals surface area contributed by atoms with Gasteiger partial charge in [-0.2, -0.15) is 0 Å². The third kappa shape index (κ3) is 1.43. The van der Waals surface area contributed by atoms with E-state index in [-0.39, 0.29) is 0 Å². The van der Waals surface area contributed by atoms with Crippen LogP contribution < -0.4 is 5.32 Å². The van der Waals surface area contributed by atoms with Crippen molar-refractivity contribution in [2.75, 3.05) is 14.2 Å². The molecule has 0 amide bonds. The summed E-state index contributed by atoms with van der Waals surface area (Å²) in [7, 11) is 3.79. The molecule has 0 heterocycles. The first-order valence-corrected chi connectivity index (χ1v) is 3.58. The topological polar surface area (TPSA) is 21.3 Å². The van der Waals surface area contributed by atoms with Crippen LogP contribution in [0.4, 0.5) is 0 Å². The Labute approximate surface area is 56.6 Å². The molecule has 0 spiro atoms. The molecule has 1 fully saturated rings. The number of hydrogen-bond acceptors (Lipinski definition) is 2. The molecular formula is C7H15NO. The van der Waals surface area contributed by atoms with Crippen LogP contribution in [-0.4, -0.2) is 26.3 Å². The van der Waals surface area contributed by atoms with E-state index < -0.39 is 0 Å². The van der Waals surface area contributed by atoms with Crippen LogP contribution in [-0.2, 0) is 4.74 Å². The molecule has 2 atom stereocenters. The number of likely N-dealkylation sites (N-methyl/N-ethyl adjacent to an activating group) is 1. The molecule has 1 aliphatic rings. The Morgan fingerprint density at radius 2 is 2.22 bits per heavy atom. The molecule has 0 aromatic carbocycles. The molecule has 9 heavy (non-hydrogen) atoms. The molecule has 1 saturated carbocycles. The molecule has 0 aromatic rings. The Morgan fingerprint density at radius 3 is 2.67 bits per heavy atom. The highest BCUT2D eigenvalue weighted by Gasteiger charge is 2.24. The molecular weight excluding hydrogens is 114 g/mol. The van der Waals surface area contributed by atoms with E-state index in [0.29, 0.717) is 12.1 Å². The number of rotatable bonds is 2. The average molecular weight is 129 g/mol. The minimum atomic E-state index is 0.468.